The maximum absolute atomic E-state index is 11.5. The number of methoxy groups -OCH3 is 1. The first-order chi connectivity index (χ1) is 8.65. The third-order valence-corrected chi connectivity index (χ3v) is 2.24. The zero-order valence-electron chi connectivity index (χ0n) is 11.8. The molecule has 0 saturated carbocycles. The number of hydrogen-bond acceptors (Lipinski definition) is 5. The van der Waals surface area contributed by atoms with E-state index in [1.54, 1.807) is 0 Å². The standard InChI is InChI=1S/C12H22N2O5/c1-12(2,3)13-6-5-9(15)14-8(11(17)18)7-10(16)19-4/h8,13H,5-7H2,1-4H3,(H,14,15)(H,17,18)/t8-/m0/s1. The van der Waals surface area contributed by atoms with E-state index < -0.39 is 23.9 Å². The van der Waals surface area contributed by atoms with Gasteiger partial charge in [0.2, 0.25) is 5.91 Å². The number of nitrogens with one attached hydrogen (secondary N) is 2. The van der Waals surface area contributed by atoms with E-state index in [4.69, 9.17) is 5.11 Å². The van der Waals surface area contributed by atoms with Gasteiger partial charge in [-0.2, -0.15) is 0 Å². The molecule has 110 valence electrons. The summed E-state index contributed by atoms with van der Waals surface area (Å²) in [5.74, 6) is -2.36. The van der Waals surface area contributed by atoms with Gasteiger partial charge in [-0.25, -0.2) is 4.79 Å². The Hall–Kier alpha value is -1.63. The molecule has 19 heavy (non-hydrogen) atoms. The molecular weight excluding hydrogens is 252 g/mol. The van der Waals surface area contributed by atoms with Crippen molar-refractivity contribution in [3.8, 4) is 0 Å². The number of esters is 1. The summed E-state index contributed by atoms with van der Waals surface area (Å²) in [5, 5.41) is 14.3. The maximum Gasteiger partial charge on any atom is 0.326 e. The molecule has 0 spiro atoms. The van der Waals surface area contributed by atoms with Crippen LogP contribution in [0.15, 0.2) is 0 Å². The molecule has 0 aromatic rings. The Kier molecular flexibility index (Phi) is 7.06. The van der Waals surface area contributed by atoms with Gasteiger partial charge in [-0.15, -0.1) is 0 Å². The summed E-state index contributed by atoms with van der Waals surface area (Å²) >= 11 is 0. The van der Waals surface area contributed by atoms with E-state index >= 15 is 0 Å². The Morgan fingerprint density at radius 2 is 1.84 bits per heavy atom. The van der Waals surface area contributed by atoms with Crippen LogP contribution in [0.3, 0.4) is 0 Å². The van der Waals surface area contributed by atoms with Crippen molar-refractivity contribution >= 4 is 17.8 Å². The second-order valence-corrected chi connectivity index (χ2v) is 5.17. The molecule has 1 atom stereocenters. The van der Waals surface area contributed by atoms with Gasteiger partial charge in [0, 0.05) is 18.5 Å². The molecule has 0 aliphatic rings. The zero-order valence-corrected chi connectivity index (χ0v) is 11.8. The molecule has 1 amide bonds. The second kappa shape index (κ2) is 7.73. The number of carbonyl (C=O) groups excluding carboxylic acids is 2. The molecule has 0 rings (SSSR count). The molecule has 0 aromatic heterocycles. The molecule has 0 unspecified atom stereocenters. The van der Waals surface area contributed by atoms with Crippen LogP contribution in [0.2, 0.25) is 0 Å². The van der Waals surface area contributed by atoms with Crippen LogP contribution in [0.1, 0.15) is 33.6 Å². The molecule has 7 heteroatoms. The van der Waals surface area contributed by atoms with Gasteiger partial charge >= 0.3 is 11.9 Å². The van der Waals surface area contributed by atoms with Gasteiger partial charge in [-0.05, 0) is 20.8 Å². The molecule has 0 aromatic carbocycles. The Morgan fingerprint density at radius 1 is 1.26 bits per heavy atom. The molecule has 0 aliphatic carbocycles. The highest BCUT2D eigenvalue weighted by atomic mass is 16.5. The molecule has 0 fully saturated rings. The van der Waals surface area contributed by atoms with E-state index in [1.807, 2.05) is 20.8 Å². The van der Waals surface area contributed by atoms with Crippen LogP contribution >= 0.6 is 0 Å². The van der Waals surface area contributed by atoms with Gasteiger partial charge in [0.1, 0.15) is 6.04 Å². The SMILES string of the molecule is COC(=O)C[C@H](NC(=O)CCNC(C)(C)C)C(=O)O. The summed E-state index contributed by atoms with van der Waals surface area (Å²) in [6.07, 6.45) is -0.244. The van der Waals surface area contributed by atoms with Crippen LogP contribution in [0.4, 0.5) is 0 Å². The lowest BCUT2D eigenvalue weighted by Gasteiger charge is -2.20. The van der Waals surface area contributed by atoms with E-state index in [2.05, 4.69) is 15.4 Å². The second-order valence-electron chi connectivity index (χ2n) is 5.17. The number of aliphatic carboxylic acids is 1. The number of amides is 1. The maximum atomic E-state index is 11.5. The fourth-order valence-corrected chi connectivity index (χ4v) is 1.27. The lowest BCUT2D eigenvalue weighted by Crippen LogP contribution is -2.44. The van der Waals surface area contributed by atoms with Gasteiger partial charge < -0.3 is 20.5 Å². The first kappa shape index (κ1) is 17.4. The van der Waals surface area contributed by atoms with Crippen molar-refractivity contribution < 1.29 is 24.2 Å². The average Bonchev–Trinajstić information content (AvgIpc) is 2.25. The van der Waals surface area contributed by atoms with E-state index in [0.29, 0.717) is 6.54 Å². The predicted octanol–water partition coefficient (Wildman–Crippen LogP) is -0.103. The molecule has 0 saturated heterocycles. The summed E-state index contributed by atoms with van der Waals surface area (Å²) < 4.78 is 4.37. The molecule has 3 N–H and O–H groups in total. The van der Waals surface area contributed by atoms with Crippen LogP contribution in [0, 0.1) is 0 Å². The van der Waals surface area contributed by atoms with Crippen LogP contribution in [-0.2, 0) is 19.1 Å². The molecule has 0 heterocycles. The first-order valence-corrected chi connectivity index (χ1v) is 5.99. The van der Waals surface area contributed by atoms with E-state index in [0.717, 1.165) is 7.11 Å². The monoisotopic (exact) mass is 274 g/mol. The van der Waals surface area contributed by atoms with Gasteiger partial charge in [0.05, 0.1) is 13.5 Å². The first-order valence-electron chi connectivity index (χ1n) is 5.99. The number of carboxylic acids is 1. The van der Waals surface area contributed by atoms with Crippen LogP contribution in [0.5, 0.6) is 0 Å². The van der Waals surface area contributed by atoms with Gasteiger partial charge in [0.15, 0.2) is 0 Å². The summed E-state index contributed by atoms with van der Waals surface area (Å²) in [4.78, 5) is 33.4. The number of carboxylic acid groups (broad SMARTS) is 1. The summed E-state index contributed by atoms with van der Waals surface area (Å²) in [5.41, 5.74) is -0.113. The predicted molar refractivity (Wildman–Crippen MR) is 68.6 cm³/mol. The number of hydrogen-bond donors (Lipinski definition) is 3. The molecular formula is C12H22N2O5. The highest BCUT2D eigenvalue weighted by molar-refractivity contribution is 5.87. The fraction of sp³-hybridized carbons (Fsp3) is 0.750. The Bertz CT molecular complexity index is 336. The molecule has 0 bridgehead atoms. The molecule has 0 aliphatic heterocycles. The number of rotatable bonds is 7. The molecule has 7 nitrogen and oxygen atoms in total. The Morgan fingerprint density at radius 3 is 2.26 bits per heavy atom. The Balaban J connectivity index is 4.18. The number of ether oxygens (including phenoxy) is 1. The normalized spacial score (nSPS) is 12.6. The van der Waals surface area contributed by atoms with E-state index in [9.17, 15) is 14.4 Å². The smallest absolute Gasteiger partial charge is 0.326 e. The van der Waals surface area contributed by atoms with Crippen molar-refractivity contribution in [2.75, 3.05) is 13.7 Å². The van der Waals surface area contributed by atoms with E-state index in [-0.39, 0.29) is 18.4 Å². The van der Waals surface area contributed by atoms with Crippen molar-refractivity contribution in [1.82, 2.24) is 10.6 Å². The highest BCUT2D eigenvalue weighted by Gasteiger charge is 2.23. The van der Waals surface area contributed by atoms with E-state index in [1.165, 1.54) is 0 Å². The number of carbonyl (C=O) groups is 3. The average molecular weight is 274 g/mol. The van der Waals surface area contributed by atoms with Crippen molar-refractivity contribution in [2.24, 2.45) is 0 Å². The third-order valence-electron chi connectivity index (χ3n) is 2.24. The van der Waals surface area contributed by atoms with Gasteiger partial charge in [0.25, 0.3) is 0 Å². The van der Waals surface area contributed by atoms with Crippen molar-refractivity contribution in [3.05, 3.63) is 0 Å². The van der Waals surface area contributed by atoms with Crippen molar-refractivity contribution in [1.29, 1.82) is 0 Å². The van der Waals surface area contributed by atoms with Crippen molar-refractivity contribution in [3.63, 3.8) is 0 Å². The van der Waals surface area contributed by atoms with Gasteiger partial charge in [-0.1, -0.05) is 0 Å². The quantitative estimate of drug-likeness (QED) is 0.560. The Labute approximate surface area is 112 Å². The largest absolute Gasteiger partial charge is 0.480 e. The fourth-order valence-electron chi connectivity index (χ4n) is 1.27. The zero-order chi connectivity index (χ0) is 15.1. The summed E-state index contributed by atoms with van der Waals surface area (Å²) in [6, 6.07) is -1.26. The van der Waals surface area contributed by atoms with Crippen LogP contribution in [-0.4, -0.2) is 48.2 Å². The summed E-state index contributed by atoms with van der Waals surface area (Å²) in [7, 11) is 1.16. The van der Waals surface area contributed by atoms with Gasteiger partial charge in [-0.3, -0.25) is 9.59 Å². The minimum atomic E-state index is -1.26. The minimum Gasteiger partial charge on any atom is -0.480 e. The van der Waals surface area contributed by atoms with Crippen LogP contribution in [0.25, 0.3) is 0 Å². The highest BCUT2D eigenvalue weighted by Crippen LogP contribution is 1.99. The topological polar surface area (TPSA) is 105 Å². The summed E-state index contributed by atoms with van der Waals surface area (Å²) in [6.45, 7) is 6.31. The van der Waals surface area contributed by atoms with Crippen LogP contribution < -0.4 is 10.6 Å². The van der Waals surface area contributed by atoms with Crippen molar-refractivity contribution in [2.45, 2.75) is 45.2 Å². The minimum absolute atomic E-state index is 0.113. The molecule has 0 radical (unpaired) electrons. The lowest BCUT2D eigenvalue weighted by atomic mass is 10.1. The lowest BCUT2D eigenvalue weighted by molar-refractivity contribution is -0.148. The third kappa shape index (κ3) is 9.01.